The maximum absolute atomic E-state index is 12.4. The predicted octanol–water partition coefficient (Wildman–Crippen LogP) is 2.62. The third-order valence-corrected chi connectivity index (χ3v) is 4.84. The Morgan fingerprint density at radius 3 is 2.35 bits per heavy atom. The van der Waals surface area contributed by atoms with Crippen molar-refractivity contribution in [2.24, 2.45) is 0 Å². The molecule has 0 bridgehead atoms. The van der Waals surface area contributed by atoms with Crippen molar-refractivity contribution in [1.82, 2.24) is 10.2 Å². The molecular weight excluding hydrogens is 326 g/mol. The number of anilines is 1. The van der Waals surface area contributed by atoms with Gasteiger partial charge in [0.15, 0.2) is 0 Å². The van der Waals surface area contributed by atoms with Crippen molar-refractivity contribution in [3.63, 3.8) is 0 Å². The molecule has 0 spiro atoms. The molecule has 0 saturated carbocycles. The van der Waals surface area contributed by atoms with Gasteiger partial charge in [-0.05, 0) is 43.0 Å². The lowest BCUT2D eigenvalue weighted by Crippen LogP contribution is -2.46. The van der Waals surface area contributed by atoms with Crippen molar-refractivity contribution < 1.29 is 9.59 Å². The fourth-order valence-corrected chi connectivity index (χ4v) is 3.30. The van der Waals surface area contributed by atoms with Crippen LogP contribution < -0.4 is 11.1 Å². The minimum Gasteiger partial charge on any atom is -0.399 e. The quantitative estimate of drug-likeness (QED) is 0.813. The number of aryl methyl sites for hydroxylation is 1. The van der Waals surface area contributed by atoms with Crippen LogP contribution in [0.15, 0.2) is 54.6 Å². The second-order valence-electron chi connectivity index (χ2n) is 6.70. The van der Waals surface area contributed by atoms with Crippen molar-refractivity contribution in [3.8, 4) is 0 Å². The Hall–Kier alpha value is -2.82. The van der Waals surface area contributed by atoms with Gasteiger partial charge in [-0.25, -0.2) is 0 Å². The Bertz CT molecular complexity index is 753. The first-order valence-corrected chi connectivity index (χ1v) is 9.10. The Labute approximate surface area is 154 Å². The molecule has 2 aromatic rings. The van der Waals surface area contributed by atoms with Crippen LogP contribution in [0, 0.1) is 0 Å². The molecule has 1 heterocycles. The number of para-hydroxylation sites is 1. The van der Waals surface area contributed by atoms with Crippen molar-refractivity contribution in [2.75, 3.05) is 18.8 Å². The number of hydrogen-bond acceptors (Lipinski definition) is 3. The summed E-state index contributed by atoms with van der Waals surface area (Å²) in [6.45, 7) is 1.34. The van der Waals surface area contributed by atoms with Gasteiger partial charge in [0.05, 0.1) is 0 Å². The van der Waals surface area contributed by atoms with Gasteiger partial charge in [-0.2, -0.15) is 0 Å². The van der Waals surface area contributed by atoms with E-state index in [1.807, 2.05) is 59.5 Å². The first-order chi connectivity index (χ1) is 12.6. The van der Waals surface area contributed by atoms with Crippen LogP contribution in [0.3, 0.4) is 0 Å². The fourth-order valence-electron chi connectivity index (χ4n) is 3.30. The van der Waals surface area contributed by atoms with Gasteiger partial charge >= 0.3 is 0 Å². The monoisotopic (exact) mass is 351 g/mol. The van der Waals surface area contributed by atoms with E-state index >= 15 is 0 Å². The Balaban J connectivity index is 1.43. The van der Waals surface area contributed by atoms with Gasteiger partial charge in [-0.1, -0.05) is 36.4 Å². The van der Waals surface area contributed by atoms with Gasteiger partial charge in [-0.3, -0.25) is 9.59 Å². The summed E-state index contributed by atoms with van der Waals surface area (Å²) in [5.41, 5.74) is 8.37. The highest BCUT2D eigenvalue weighted by molar-refractivity contribution is 5.94. The minimum atomic E-state index is 0.0427. The molecule has 26 heavy (non-hydrogen) atoms. The van der Waals surface area contributed by atoms with E-state index in [4.69, 9.17) is 5.73 Å². The summed E-state index contributed by atoms with van der Waals surface area (Å²) in [6.07, 6.45) is 2.65. The Morgan fingerprint density at radius 2 is 1.65 bits per heavy atom. The lowest BCUT2D eigenvalue weighted by Gasteiger charge is -2.32. The highest BCUT2D eigenvalue weighted by Gasteiger charge is 2.24. The lowest BCUT2D eigenvalue weighted by molar-refractivity contribution is -0.122. The number of nitrogens with one attached hydrogen (secondary N) is 1. The third kappa shape index (κ3) is 4.63. The number of amides is 2. The molecule has 0 radical (unpaired) electrons. The zero-order valence-corrected chi connectivity index (χ0v) is 14.9. The molecule has 1 aliphatic rings. The number of likely N-dealkylation sites (tertiary alicyclic amines) is 1. The summed E-state index contributed by atoms with van der Waals surface area (Å²) in [6, 6.07) is 17.1. The number of carbonyl (C=O) groups excluding carboxylic acids is 2. The summed E-state index contributed by atoms with van der Waals surface area (Å²) in [5, 5.41) is 3.09. The number of hydrogen-bond donors (Lipinski definition) is 2. The number of rotatable bonds is 5. The minimum absolute atomic E-state index is 0.0427. The van der Waals surface area contributed by atoms with Crippen LogP contribution in [0.1, 0.15) is 35.2 Å². The summed E-state index contributed by atoms with van der Waals surface area (Å²) in [5.74, 6) is 0.107. The summed E-state index contributed by atoms with van der Waals surface area (Å²) in [4.78, 5) is 26.5. The number of benzene rings is 2. The molecule has 5 heteroatoms. The number of nitrogens with zero attached hydrogens (tertiary/aromatic N) is 1. The first kappa shape index (κ1) is 18.0. The maximum Gasteiger partial charge on any atom is 0.253 e. The zero-order valence-electron chi connectivity index (χ0n) is 14.9. The maximum atomic E-state index is 12.4. The number of nitrogens with two attached hydrogens (primary N) is 1. The van der Waals surface area contributed by atoms with Crippen LogP contribution in [0.2, 0.25) is 0 Å². The van der Waals surface area contributed by atoms with Crippen LogP contribution in [-0.2, 0) is 11.2 Å². The molecule has 2 amide bonds. The SMILES string of the molecule is Nc1ccccc1CCC(=O)NC1CCN(C(=O)c2ccccc2)CC1. The molecule has 136 valence electrons. The standard InChI is InChI=1S/C21H25N3O2/c22-19-9-5-4-6-16(19)10-11-20(25)23-18-12-14-24(15-13-18)21(26)17-7-2-1-3-8-17/h1-9,18H,10-15,22H2,(H,23,25). The Kier molecular flexibility index (Phi) is 5.89. The molecule has 3 rings (SSSR count). The summed E-state index contributed by atoms with van der Waals surface area (Å²) >= 11 is 0. The molecule has 0 atom stereocenters. The van der Waals surface area contributed by atoms with Crippen LogP contribution >= 0.6 is 0 Å². The molecule has 1 saturated heterocycles. The van der Waals surface area contributed by atoms with Gasteiger partial charge in [-0.15, -0.1) is 0 Å². The number of nitrogen functional groups attached to an aromatic ring is 1. The highest BCUT2D eigenvalue weighted by atomic mass is 16.2. The van der Waals surface area contributed by atoms with E-state index in [-0.39, 0.29) is 17.9 Å². The van der Waals surface area contributed by atoms with E-state index in [0.29, 0.717) is 25.9 Å². The van der Waals surface area contributed by atoms with Crippen molar-refractivity contribution in [3.05, 3.63) is 65.7 Å². The molecule has 0 unspecified atom stereocenters. The van der Waals surface area contributed by atoms with Gasteiger partial charge in [0.25, 0.3) is 5.91 Å². The van der Waals surface area contributed by atoms with Crippen LogP contribution in [0.25, 0.3) is 0 Å². The molecule has 5 nitrogen and oxygen atoms in total. The van der Waals surface area contributed by atoms with Crippen LogP contribution in [0.4, 0.5) is 5.69 Å². The van der Waals surface area contributed by atoms with Gasteiger partial charge < -0.3 is 16.0 Å². The van der Waals surface area contributed by atoms with E-state index in [9.17, 15) is 9.59 Å². The third-order valence-electron chi connectivity index (χ3n) is 4.84. The zero-order chi connectivity index (χ0) is 18.4. The normalized spacial score (nSPS) is 14.8. The second-order valence-corrected chi connectivity index (χ2v) is 6.70. The van der Waals surface area contributed by atoms with E-state index in [0.717, 1.165) is 29.7 Å². The average Bonchev–Trinajstić information content (AvgIpc) is 2.68. The molecule has 2 aromatic carbocycles. The Morgan fingerprint density at radius 1 is 1.00 bits per heavy atom. The summed E-state index contributed by atoms with van der Waals surface area (Å²) < 4.78 is 0. The average molecular weight is 351 g/mol. The van der Waals surface area contributed by atoms with Crippen LogP contribution in [0.5, 0.6) is 0 Å². The summed E-state index contributed by atoms with van der Waals surface area (Å²) in [7, 11) is 0. The predicted molar refractivity (Wildman–Crippen MR) is 103 cm³/mol. The molecule has 1 aliphatic heterocycles. The van der Waals surface area contributed by atoms with E-state index in [1.54, 1.807) is 0 Å². The van der Waals surface area contributed by atoms with Crippen molar-refractivity contribution in [1.29, 1.82) is 0 Å². The topological polar surface area (TPSA) is 75.4 Å². The molecule has 3 N–H and O–H groups in total. The van der Waals surface area contributed by atoms with Crippen molar-refractivity contribution >= 4 is 17.5 Å². The first-order valence-electron chi connectivity index (χ1n) is 9.10. The largest absolute Gasteiger partial charge is 0.399 e. The molecule has 0 aromatic heterocycles. The fraction of sp³-hybridized carbons (Fsp3) is 0.333. The number of carbonyl (C=O) groups is 2. The second kappa shape index (κ2) is 8.52. The van der Waals surface area contributed by atoms with Gasteiger partial charge in [0, 0.05) is 36.8 Å². The van der Waals surface area contributed by atoms with Crippen LogP contribution in [-0.4, -0.2) is 35.8 Å². The smallest absolute Gasteiger partial charge is 0.253 e. The van der Waals surface area contributed by atoms with E-state index in [2.05, 4.69) is 5.32 Å². The molecule has 0 aliphatic carbocycles. The molecule has 1 fully saturated rings. The van der Waals surface area contributed by atoms with E-state index < -0.39 is 0 Å². The molecular formula is C21H25N3O2. The van der Waals surface area contributed by atoms with Gasteiger partial charge in [0.1, 0.15) is 0 Å². The highest BCUT2D eigenvalue weighted by Crippen LogP contribution is 2.15. The lowest BCUT2D eigenvalue weighted by atomic mass is 10.0. The van der Waals surface area contributed by atoms with E-state index in [1.165, 1.54) is 0 Å². The van der Waals surface area contributed by atoms with Gasteiger partial charge in [0.2, 0.25) is 5.91 Å². The number of piperidine rings is 1. The van der Waals surface area contributed by atoms with Crippen molar-refractivity contribution in [2.45, 2.75) is 31.7 Å².